The minimum atomic E-state index is -1.65. The maximum Gasteiger partial charge on any atom is 0.191 e. The molecule has 2 aliphatic carbocycles. The number of nitriles is 3. The number of ether oxygens (including phenoxy) is 2. The van der Waals surface area contributed by atoms with E-state index in [1.165, 1.54) is 0 Å². The summed E-state index contributed by atoms with van der Waals surface area (Å²) in [6.07, 6.45) is 3.69. The van der Waals surface area contributed by atoms with E-state index < -0.39 is 11.3 Å². The van der Waals surface area contributed by atoms with E-state index in [4.69, 9.17) is 15.2 Å². The van der Waals surface area contributed by atoms with E-state index in [1.807, 2.05) is 32.0 Å². The van der Waals surface area contributed by atoms with Crippen LogP contribution in [0.1, 0.15) is 58.9 Å². The Morgan fingerprint density at radius 2 is 1.70 bits per heavy atom. The van der Waals surface area contributed by atoms with Crippen molar-refractivity contribution in [1.29, 1.82) is 15.8 Å². The van der Waals surface area contributed by atoms with E-state index in [-0.39, 0.29) is 22.6 Å². The number of benzene rings is 1. The van der Waals surface area contributed by atoms with Crippen molar-refractivity contribution in [3.8, 4) is 29.7 Å². The fraction of sp³-hybridized carbons (Fsp3) is 0.519. The topological polar surface area (TPSA) is 116 Å². The molecule has 0 spiro atoms. The van der Waals surface area contributed by atoms with Crippen LogP contribution in [0.2, 0.25) is 0 Å². The molecule has 2 aliphatic rings. The minimum Gasteiger partial charge on any atom is -0.490 e. The Labute approximate surface area is 196 Å². The molecule has 33 heavy (non-hydrogen) atoms. The number of nitrogens with zero attached hydrogens (tertiary/aromatic N) is 3. The van der Waals surface area contributed by atoms with Crippen LogP contribution in [0.5, 0.6) is 11.5 Å². The molecule has 0 aliphatic heterocycles. The largest absolute Gasteiger partial charge is 0.490 e. The molecular formula is C27H32N4O2. The van der Waals surface area contributed by atoms with Gasteiger partial charge in [-0.2, -0.15) is 15.8 Å². The van der Waals surface area contributed by atoms with E-state index in [1.54, 1.807) is 0 Å². The van der Waals surface area contributed by atoms with Gasteiger partial charge >= 0.3 is 0 Å². The van der Waals surface area contributed by atoms with Gasteiger partial charge in [-0.05, 0) is 67.2 Å². The normalized spacial score (nSPS) is 23.9. The van der Waals surface area contributed by atoms with Crippen molar-refractivity contribution < 1.29 is 9.47 Å². The van der Waals surface area contributed by atoms with E-state index in [0.29, 0.717) is 30.6 Å². The van der Waals surface area contributed by atoms with E-state index in [9.17, 15) is 15.8 Å². The third kappa shape index (κ3) is 4.05. The molecule has 0 radical (unpaired) electrons. The molecule has 1 aromatic carbocycles. The Morgan fingerprint density at radius 3 is 2.24 bits per heavy atom. The lowest BCUT2D eigenvalue weighted by atomic mass is 9.54. The summed E-state index contributed by atoms with van der Waals surface area (Å²) in [4.78, 5) is 0. The summed E-state index contributed by atoms with van der Waals surface area (Å²) in [5, 5.41) is 30.6. The first-order valence-electron chi connectivity index (χ1n) is 11.5. The zero-order valence-electron chi connectivity index (χ0n) is 20.1. The van der Waals surface area contributed by atoms with Crippen LogP contribution in [0.3, 0.4) is 0 Å². The molecule has 0 saturated heterocycles. The summed E-state index contributed by atoms with van der Waals surface area (Å²) in [7, 11) is 0. The second-order valence-electron chi connectivity index (χ2n) is 9.78. The van der Waals surface area contributed by atoms with Gasteiger partial charge < -0.3 is 15.2 Å². The second kappa shape index (κ2) is 9.21. The third-order valence-electron chi connectivity index (χ3n) is 7.03. The van der Waals surface area contributed by atoms with Gasteiger partial charge in [0.15, 0.2) is 16.9 Å². The van der Waals surface area contributed by atoms with Gasteiger partial charge in [0, 0.05) is 5.92 Å². The van der Waals surface area contributed by atoms with Crippen LogP contribution < -0.4 is 15.2 Å². The van der Waals surface area contributed by atoms with E-state index >= 15 is 0 Å². The highest BCUT2D eigenvalue weighted by molar-refractivity contribution is 5.60. The van der Waals surface area contributed by atoms with Crippen LogP contribution in [0.4, 0.5) is 0 Å². The molecule has 0 aromatic heterocycles. The Kier molecular flexibility index (Phi) is 6.76. The predicted octanol–water partition coefficient (Wildman–Crippen LogP) is 5.35. The van der Waals surface area contributed by atoms with E-state index in [2.05, 4.69) is 45.1 Å². The Hall–Kier alpha value is -3.43. The monoisotopic (exact) mass is 444 g/mol. The molecule has 6 nitrogen and oxygen atoms in total. The van der Waals surface area contributed by atoms with Gasteiger partial charge in [0.25, 0.3) is 0 Å². The van der Waals surface area contributed by atoms with Crippen LogP contribution in [0, 0.1) is 56.7 Å². The van der Waals surface area contributed by atoms with Crippen LogP contribution in [0.25, 0.3) is 0 Å². The van der Waals surface area contributed by atoms with Crippen molar-refractivity contribution in [3.63, 3.8) is 0 Å². The highest BCUT2D eigenvalue weighted by Gasteiger charge is 2.55. The van der Waals surface area contributed by atoms with Crippen molar-refractivity contribution in [3.05, 3.63) is 46.7 Å². The first-order valence-corrected chi connectivity index (χ1v) is 11.5. The summed E-state index contributed by atoms with van der Waals surface area (Å²) >= 11 is 0. The van der Waals surface area contributed by atoms with E-state index in [0.717, 1.165) is 24.0 Å². The quantitative estimate of drug-likeness (QED) is 0.654. The van der Waals surface area contributed by atoms with Gasteiger partial charge in [-0.1, -0.05) is 32.9 Å². The maximum absolute atomic E-state index is 10.3. The molecule has 3 atom stereocenters. The maximum atomic E-state index is 10.3. The average Bonchev–Trinajstić information content (AvgIpc) is 2.79. The zero-order valence-corrected chi connectivity index (χ0v) is 20.1. The number of nitrogens with two attached hydrogens (primary N) is 1. The van der Waals surface area contributed by atoms with Crippen molar-refractivity contribution >= 4 is 0 Å². The Balaban J connectivity index is 2.28. The van der Waals surface area contributed by atoms with Crippen LogP contribution in [0.15, 0.2) is 41.1 Å². The fourth-order valence-electron chi connectivity index (χ4n) is 5.24. The molecule has 0 bridgehead atoms. The molecule has 6 heteroatoms. The highest BCUT2D eigenvalue weighted by Crippen LogP contribution is 2.58. The Bertz CT molecular complexity index is 1090. The van der Waals surface area contributed by atoms with Gasteiger partial charge in [-0.3, -0.25) is 0 Å². The minimum absolute atomic E-state index is 0.0450. The summed E-state index contributed by atoms with van der Waals surface area (Å²) in [5.41, 5.74) is 6.80. The van der Waals surface area contributed by atoms with Crippen molar-refractivity contribution in [2.75, 3.05) is 13.2 Å². The number of allylic oxidation sites excluding steroid dienone is 4. The molecule has 2 N–H and O–H groups in total. The first kappa shape index (κ1) is 24.2. The summed E-state index contributed by atoms with van der Waals surface area (Å²) in [5.74, 6) is 0.820. The van der Waals surface area contributed by atoms with Crippen LogP contribution >= 0.6 is 0 Å². The number of hydrogen-bond donors (Lipinski definition) is 1. The Morgan fingerprint density at radius 1 is 1.06 bits per heavy atom. The number of fused-ring (bicyclic) bond motifs is 1. The van der Waals surface area contributed by atoms with Crippen molar-refractivity contribution in [2.24, 2.45) is 28.4 Å². The van der Waals surface area contributed by atoms with Crippen molar-refractivity contribution in [2.45, 2.75) is 53.4 Å². The SMILES string of the molecule is CCOc1ccc([C@@H]2[C@H]3CC(C(C)(C)C)CC=C3C(C#N)=C(N)C2(C#N)C#N)cc1OCC. The molecule has 1 unspecified atom stereocenters. The first-order chi connectivity index (χ1) is 15.7. The molecule has 0 amide bonds. The molecule has 0 saturated carbocycles. The van der Waals surface area contributed by atoms with Gasteiger partial charge in [0.05, 0.1) is 36.6 Å². The lowest BCUT2D eigenvalue weighted by molar-refractivity contribution is 0.170. The fourth-order valence-corrected chi connectivity index (χ4v) is 5.24. The third-order valence-corrected chi connectivity index (χ3v) is 7.03. The van der Waals surface area contributed by atoms with Crippen LogP contribution in [-0.4, -0.2) is 13.2 Å². The van der Waals surface area contributed by atoms with Gasteiger partial charge in [0.2, 0.25) is 0 Å². The standard InChI is InChI=1S/C27H32N4O2/c1-6-32-22-11-8-17(12-23(22)33-7-2)24-20-13-18(26(3,4)5)9-10-19(20)21(14-28)25(31)27(24,15-29)16-30/h8,10-12,18,20,24H,6-7,9,13,31H2,1-5H3/t18?,20-,24+/m0/s1. The van der Waals surface area contributed by atoms with Gasteiger partial charge in [-0.15, -0.1) is 0 Å². The summed E-state index contributed by atoms with van der Waals surface area (Å²) < 4.78 is 11.6. The second-order valence-corrected chi connectivity index (χ2v) is 9.78. The molecule has 0 heterocycles. The summed E-state index contributed by atoms with van der Waals surface area (Å²) in [6.45, 7) is 11.4. The molecule has 1 aromatic rings. The van der Waals surface area contributed by atoms with Gasteiger partial charge in [-0.25, -0.2) is 0 Å². The lowest BCUT2D eigenvalue weighted by Gasteiger charge is -2.47. The molecule has 0 fully saturated rings. The molecule has 172 valence electrons. The smallest absolute Gasteiger partial charge is 0.191 e. The number of rotatable bonds is 5. The number of hydrogen-bond acceptors (Lipinski definition) is 6. The molecular weight excluding hydrogens is 412 g/mol. The van der Waals surface area contributed by atoms with Gasteiger partial charge in [0.1, 0.15) is 6.07 Å². The highest BCUT2D eigenvalue weighted by atomic mass is 16.5. The average molecular weight is 445 g/mol. The summed E-state index contributed by atoms with van der Waals surface area (Å²) in [6, 6.07) is 12.2. The molecule has 3 rings (SSSR count). The van der Waals surface area contributed by atoms with Crippen LogP contribution in [-0.2, 0) is 0 Å². The predicted molar refractivity (Wildman–Crippen MR) is 126 cm³/mol. The van der Waals surface area contributed by atoms with Crippen molar-refractivity contribution in [1.82, 2.24) is 0 Å². The lowest BCUT2D eigenvalue weighted by Crippen LogP contribution is -2.44. The zero-order chi connectivity index (χ0) is 24.4.